The fourth-order valence-electron chi connectivity index (χ4n) is 1.24. The van der Waals surface area contributed by atoms with Crippen LogP contribution in [0.1, 0.15) is 21.5 Å². The minimum absolute atomic E-state index is 0.0658. The zero-order valence-corrected chi connectivity index (χ0v) is 8.78. The van der Waals surface area contributed by atoms with Crippen LogP contribution in [0.4, 0.5) is 4.39 Å². The summed E-state index contributed by atoms with van der Waals surface area (Å²) < 4.78 is 13.4. The van der Waals surface area contributed by atoms with E-state index in [1.807, 2.05) is 0 Å². The van der Waals surface area contributed by atoms with Gasteiger partial charge in [0.25, 0.3) is 0 Å². The molecule has 0 saturated heterocycles. The molecule has 0 aliphatic rings. The summed E-state index contributed by atoms with van der Waals surface area (Å²) in [6, 6.07) is 1.57. The molecule has 0 heterocycles. The topological polar surface area (TPSA) is 43.1 Å². The lowest BCUT2D eigenvalue weighted by Crippen LogP contribution is -2.15. The standard InChI is InChI=1S/C10H11ClFNO/c1-5-3-7(8(14)4-13)6(2)10(12)9(5)11/h3H,4,13H2,1-2H3. The average molecular weight is 216 g/mol. The van der Waals surface area contributed by atoms with Gasteiger partial charge in [0.2, 0.25) is 0 Å². The van der Waals surface area contributed by atoms with Gasteiger partial charge < -0.3 is 5.73 Å². The van der Waals surface area contributed by atoms with Gasteiger partial charge in [0.05, 0.1) is 11.6 Å². The van der Waals surface area contributed by atoms with E-state index in [1.165, 1.54) is 6.92 Å². The van der Waals surface area contributed by atoms with Crippen LogP contribution in [0.15, 0.2) is 6.07 Å². The molecule has 0 atom stereocenters. The van der Waals surface area contributed by atoms with Gasteiger partial charge in [-0.25, -0.2) is 4.39 Å². The first kappa shape index (κ1) is 11.1. The van der Waals surface area contributed by atoms with Gasteiger partial charge in [-0.3, -0.25) is 4.79 Å². The van der Waals surface area contributed by atoms with Crippen LogP contribution in [0.25, 0.3) is 0 Å². The lowest BCUT2D eigenvalue weighted by molar-refractivity contribution is 0.1000. The van der Waals surface area contributed by atoms with Crippen molar-refractivity contribution in [2.75, 3.05) is 6.54 Å². The van der Waals surface area contributed by atoms with E-state index in [1.54, 1.807) is 13.0 Å². The highest BCUT2D eigenvalue weighted by Crippen LogP contribution is 2.25. The van der Waals surface area contributed by atoms with Crippen molar-refractivity contribution >= 4 is 17.4 Å². The van der Waals surface area contributed by atoms with Gasteiger partial charge in [0.15, 0.2) is 5.78 Å². The maximum atomic E-state index is 13.4. The molecule has 0 fully saturated rings. The predicted octanol–water partition coefficient (Wildman–Crippen LogP) is 2.24. The van der Waals surface area contributed by atoms with E-state index in [4.69, 9.17) is 17.3 Å². The third kappa shape index (κ3) is 1.79. The molecular formula is C10H11ClFNO. The van der Waals surface area contributed by atoms with Crippen molar-refractivity contribution in [2.24, 2.45) is 5.73 Å². The Balaban J connectivity index is 3.40. The molecule has 1 rings (SSSR count). The third-order valence-corrected chi connectivity index (χ3v) is 2.58. The maximum absolute atomic E-state index is 13.4. The van der Waals surface area contributed by atoms with Gasteiger partial charge in [-0.1, -0.05) is 11.6 Å². The summed E-state index contributed by atoms with van der Waals surface area (Å²) in [4.78, 5) is 11.3. The Kier molecular flexibility index (Phi) is 3.24. The molecule has 2 nitrogen and oxygen atoms in total. The largest absolute Gasteiger partial charge is 0.324 e. The minimum atomic E-state index is -0.538. The molecule has 0 spiro atoms. The molecule has 1 aromatic rings. The number of hydrogen-bond donors (Lipinski definition) is 1. The maximum Gasteiger partial charge on any atom is 0.176 e. The van der Waals surface area contributed by atoms with E-state index in [0.717, 1.165) is 0 Å². The smallest absolute Gasteiger partial charge is 0.176 e. The molecule has 76 valence electrons. The van der Waals surface area contributed by atoms with Crippen molar-refractivity contribution in [3.05, 3.63) is 33.6 Å². The molecule has 0 aromatic heterocycles. The second-order valence-corrected chi connectivity index (χ2v) is 3.50. The Labute approximate surface area is 86.9 Å². The second-order valence-electron chi connectivity index (χ2n) is 3.12. The van der Waals surface area contributed by atoms with Gasteiger partial charge in [-0.15, -0.1) is 0 Å². The zero-order valence-electron chi connectivity index (χ0n) is 8.03. The molecule has 0 aliphatic heterocycles. The molecule has 4 heteroatoms. The fraction of sp³-hybridized carbons (Fsp3) is 0.300. The lowest BCUT2D eigenvalue weighted by atomic mass is 10.0. The van der Waals surface area contributed by atoms with Crippen LogP contribution in [0.5, 0.6) is 0 Å². The molecule has 0 saturated carbocycles. The van der Waals surface area contributed by atoms with E-state index in [0.29, 0.717) is 11.1 Å². The van der Waals surface area contributed by atoms with Gasteiger partial charge in [0.1, 0.15) is 5.82 Å². The summed E-state index contributed by atoms with van der Waals surface area (Å²) in [6.45, 7) is 3.04. The third-order valence-electron chi connectivity index (χ3n) is 2.12. The minimum Gasteiger partial charge on any atom is -0.324 e. The highest BCUT2D eigenvalue weighted by Gasteiger charge is 2.15. The highest BCUT2D eigenvalue weighted by atomic mass is 35.5. The van der Waals surface area contributed by atoms with Crippen LogP contribution in [0.2, 0.25) is 5.02 Å². The van der Waals surface area contributed by atoms with E-state index >= 15 is 0 Å². The molecule has 14 heavy (non-hydrogen) atoms. The predicted molar refractivity (Wildman–Crippen MR) is 54.3 cm³/mol. The first-order chi connectivity index (χ1) is 6.49. The lowest BCUT2D eigenvalue weighted by Gasteiger charge is -2.08. The first-order valence-electron chi connectivity index (χ1n) is 4.17. The number of ketones is 1. The van der Waals surface area contributed by atoms with Gasteiger partial charge in [-0.05, 0) is 31.0 Å². The summed E-state index contributed by atoms with van der Waals surface area (Å²) in [7, 11) is 0. The Morgan fingerprint density at radius 3 is 2.64 bits per heavy atom. The second kappa shape index (κ2) is 4.07. The van der Waals surface area contributed by atoms with Gasteiger partial charge in [0, 0.05) is 5.56 Å². The highest BCUT2D eigenvalue weighted by molar-refractivity contribution is 6.31. The van der Waals surface area contributed by atoms with Crippen molar-refractivity contribution in [2.45, 2.75) is 13.8 Å². The number of Topliss-reactive ketones (excluding diaryl/α,β-unsaturated/α-hetero) is 1. The summed E-state index contributed by atoms with van der Waals surface area (Å²) >= 11 is 5.69. The van der Waals surface area contributed by atoms with Crippen LogP contribution in [0.3, 0.4) is 0 Å². The number of hydrogen-bond acceptors (Lipinski definition) is 2. The number of halogens is 2. The van der Waals surface area contributed by atoms with Crippen LogP contribution < -0.4 is 5.73 Å². The zero-order chi connectivity index (χ0) is 10.9. The molecule has 0 unspecified atom stereocenters. The molecule has 0 amide bonds. The van der Waals surface area contributed by atoms with E-state index < -0.39 is 5.82 Å². The quantitative estimate of drug-likeness (QED) is 0.769. The van der Waals surface area contributed by atoms with Crippen molar-refractivity contribution in [1.29, 1.82) is 0 Å². The van der Waals surface area contributed by atoms with Crippen LogP contribution in [0, 0.1) is 19.7 Å². The summed E-state index contributed by atoms with van der Waals surface area (Å²) in [5.74, 6) is -0.815. The van der Waals surface area contributed by atoms with E-state index in [-0.39, 0.29) is 22.9 Å². The molecular weight excluding hydrogens is 205 g/mol. The summed E-state index contributed by atoms with van der Waals surface area (Å²) in [5.41, 5.74) is 6.33. The van der Waals surface area contributed by atoms with Crippen molar-refractivity contribution in [1.82, 2.24) is 0 Å². The first-order valence-corrected chi connectivity index (χ1v) is 4.55. The van der Waals surface area contributed by atoms with Gasteiger partial charge in [-0.2, -0.15) is 0 Å². The monoisotopic (exact) mass is 215 g/mol. The van der Waals surface area contributed by atoms with E-state index in [2.05, 4.69) is 0 Å². The molecule has 0 bridgehead atoms. The molecule has 0 radical (unpaired) electrons. The van der Waals surface area contributed by atoms with Crippen LogP contribution in [-0.4, -0.2) is 12.3 Å². The van der Waals surface area contributed by atoms with Crippen molar-refractivity contribution < 1.29 is 9.18 Å². The summed E-state index contributed by atoms with van der Waals surface area (Å²) in [5, 5.41) is 0.0658. The molecule has 0 aliphatic carbocycles. The Hall–Kier alpha value is -0.930. The Morgan fingerprint density at radius 2 is 2.14 bits per heavy atom. The number of benzene rings is 1. The van der Waals surface area contributed by atoms with Gasteiger partial charge >= 0.3 is 0 Å². The Bertz CT molecular complexity index is 390. The SMILES string of the molecule is Cc1cc(C(=O)CN)c(C)c(F)c1Cl. The van der Waals surface area contributed by atoms with E-state index in [9.17, 15) is 9.18 Å². The number of rotatable bonds is 2. The number of carbonyl (C=O) groups excluding carboxylic acids is 1. The normalized spacial score (nSPS) is 10.4. The number of carbonyl (C=O) groups is 1. The van der Waals surface area contributed by atoms with Crippen LogP contribution in [-0.2, 0) is 0 Å². The Morgan fingerprint density at radius 1 is 1.57 bits per heavy atom. The molecule has 1 aromatic carbocycles. The number of nitrogens with two attached hydrogens (primary N) is 1. The van der Waals surface area contributed by atoms with Crippen LogP contribution >= 0.6 is 11.6 Å². The fourth-order valence-corrected chi connectivity index (χ4v) is 1.44. The summed E-state index contributed by atoms with van der Waals surface area (Å²) in [6.07, 6.45) is 0. The van der Waals surface area contributed by atoms with Crippen molar-refractivity contribution in [3.8, 4) is 0 Å². The average Bonchev–Trinajstić information content (AvgIpc) is 2.19. The van der Waals surface area contributed by atoms with Crippen molar-refractivity contribution in [3.63, 3.8) is 0 Å². The number of aryl methyl sites for hydroxylation is 1. The molecule has 2 N–H and O–H groups in total.